The maximum absolute atomic E-state index is 5.61. The summed E-state index contributed by atoms with van der Waals surface area (Å²) in [5.41, 5.74) is 1.13. The van der Waals surface area contributed by atoms with E-state index < -0.39 is 0 Å². The van der Waals surface area contributed by atoms with Gasteiger partial charge in [0.25, 0.3) is 0 Å². The molecule has 2 rings (SSSR count). The molecule has 1 aromatic carbocycles. The summed E-state index contributed by atoms with van der Waals surface area (Å²) in [7, 11) is 0. The molecular weight excluding hydrogens is 275 g/mol. The Morgan fingerprint density at radius 1 is 1.00 bits per heavy atom. The lowest BCUT2D eigenvalue weighted by molar-refractivity contribution is 0.552. The van der Waals surface area contributed by atoms with Gasteiger partial charge >= 0.3 is 0 Å². The van der Waals surface area contributed by atoms with Gasteiger partial charge in [-0.15, -0.1) is 0 Å². The van der Waals surface area contributed by atoms with E-state index in [9.17, 15) is 0 Å². The van der Waals surface area contributed by atoms with Crippen molar-refractivity contribution in [3.63, 3.8) is 0 Å². The standard InChI is InChI=1S/C11H9IO/c1-12-11-8-7-10(13-11)9-5-3-2-4-6-9/h2-8H,1H2. The van der Waals surface area contributed by atoms with E-state index in [4.69, 9.17) is 4.42 Å². The molecule has 0 spiro atoms. The lowest BCUT2D eigenvalue weighted by Crippen LogP contribution is -1.69. The molecule has 0 bridgehead atoms. The third-order valence-corrected chi connectivity index (χ3v) is 3.09. The van der Waals surface area contributed by atoms with Gasteiger partial charge in [0.05, 0.1) is 0 Å². The van der Waals surface area contributed by atoms with Crippen LogP contribution in [0.3, 0.4) is 0 Å². The number of rotatable bonds is 2. The average Bonchev–Trinajstić information content (AvgIpc) is 2.67. The van der Waals surface area contributed by atoms with Gasteiger partial charge in [-0.05, 0) is 12.1 Å². The fourth-order valence-electron chi connectivity index (χ4n) is 1.14. The maximum Gasteiger partial charge on any atom is 0.158 e. The molecule has 2 heteroatoms. The molecule has 0 N–H and O–H groups in total. The Morgan fingerprint density at radius 2 is 1.77 bits per heavy atom. The van der Waals surface area contributed by atoms with Crippen LogP contribution in [-0.2, 0) is 0 Å². The monoisotopic (exact) mass is 284 g/mol. The van der Waals surface area contributed by atoms with Crippen LogP contribution in [0.2, 0.25) is 0 Å². The van der Waals surface area contributed by atoms with Crippen molar-refractivity contribution in [1.82, 2.24) is 0 Å². The van der Waals surface area contributed by atoms with E-state index in [0.717, 1.165) is 15.1 Å². The number of benzene rings is 1. The fraction of sp³-hybridized carbons (Fsp3) is 0. The number of furan rings is 1. The average molecular weight is 284 g/mol. The van der Waals surface area contributed by atoms with E-state index in [0.29, 0.717) is 0 Å². The molecule has 0 amide bonds. The molecule has 0 saturated carbocycles. The van der Waals surface area contributed by atoms with Crippen molar-refractivity contribution in [2.75, 3.05) is 0 Å². The summed E-state index contributed by atoms with van der Waals surface area (Å²) < 4.78 is 10.5. The van der Waals surface area contributed by atoms with Crippen LogP contribution in [0.25, 0.3) is 11.3 Å². The largest absolute Gasteiger partial charge is 0.451 e. The Kier molecular flexibility index (Phi) is 2.59. The van der Waals surface area contributed by atoms with Gasteiger partial charge in [0.1, 0.15) is 5.76 Å². The van der Waals surface area contributed by atoms with Crippen molar-refractivity contribution in [2.45, 2.75) is 0 Å². The van der Waals surface area contributed by atoms with Crippen molar-refractivity contribution >= 4 is 25.2 Å². The van der Waals surface area contributed by atoms with Crippen LogP contribution in [0.15, 0.2) is 46.9 Å². The summed E-state index contributed by atoms with van der Waals surface area (Å²) >= 11 is -0.178. The zero-order valence-electron chi connectivity index (χ0n) is 7.03. The minimum atomic E-state index is -0.178. The van der Waals surface area contributed by atoms with E-state index in [-0.39, 0.29) is 20.7 Å². The highest BCUT2D eigenvalue weighted by Gasteiger charge is 2.00. The molecule has 0 aliphatic carbocycles. The second-order valence-electron chi connectivity index (χ2n) is 2.60. The van der Waals surface area contributed by atoms with Gasteiger partial charge in [0.15, 0.2) is 3.77 Å². The molecule has 1 heterocycles. The topological polar surface area (TPSA) is 13.1 Å². The summed E-state index contributed by atoms with van der Waals surface area (Å²) in [5.74, 6) is 0.943. The Morgan fingerprint density at radius 3 is 2.38 bits per heavy atom. The predicted octanol–water partition coefficient (Wildman–Crippen LogP) is 3.52. The molecule has 0 aliphatic rings. The molecule has 0 aliphatic heterocycles. The van der Waals surface area contributed by atoms with E-state index in [1.807, 2.05) is 42.5 Å². The van der Waals surface area contributed by atoms with E-state index in [2.05, 4.69) is 4.51 Å². The smallest absolute Gasteiger partial charge is 0.158 e. The quantitative estimate of drug-likeness (QED) is 0.769. The molecule has 0 radical (unpaired) electrons. The van der Waals surface area contributed by atoms with Crippen molar-refractivity contribution < 1.29 is 4.42 Å². The predicted molar refractivity (Wildman–Crippen MR) is 64.0 cm³/mol. The van der Waals surface area contributed by atoms with Crippen LogP contribution < -0.4 is 0 Å². The summed E-state index contributed by atoms with van der Waals surface area (Å²) in [6.07, 6.45) is 0. The van der Waals surface area contributed by atoms with Crippen LogP contribution in [-0.4, -0.2) is 4.51 Å². The summed E-state index contributed by atoms with van der Waals surface area (Å²) in [6.45, 7) is 0. The van der Waals surface area contributed by atoms with Gasteiger partial charge in [-0.2, -0.15) is 0 Å². The molecule has 66 valence electrons. The molecule has 1 nitrogen and oxygen atoms in total. The lowest BCUT2D eigenvalue weighted by atomic mass is 10.2. The van der Waals surface area contributed by atoms with Gasteiger partial charge in [-0.1, -0.05) is 55.6 Å². The molecule has 13 heavy (non-hydrogen) atoms. The maximum atomic E-state index is 5.61. The van der Waals surface area contributed by atoms with E-state index >= 15 is 0 Å². The Bertz CT molecular complexity index is 403. The van der Waals surface area contributed by atoms with Gasteiger partial charge in [-0.25, -0.2) is 0 Å². The fourth-order valence-corrected chi connectivity index (χ4v) is 1.97. The second kappa shape index (κ2) is 3.87. The minimum Gasteiger partial charge on any atom is -0.451 e. The zero-order valence-corrected chi connectivity index (χ0v) is 9.19. The molecule has 0 saturated heterocycles. The van der Waals surface area contributed by atoms with Crippen LogP contribution >= 0.6 is 20.7 Å². The number of hydrogen-bond acceptors (Lipinski definition) is 1. The first-order valence-corrected chi connectivity index (χ1v) is 6.54. The normalized spacial score (nSPS) is 10.2. The summed E-state index contributed by atoms with van der Waals surface area (Å²) in [6, 6.07) is 14.1. The first kappa shape index (κ1) is 8.69. The first-order valence-electron chi connectivity index (χ1n) is 3.94. The molecule has 0 atom stereocenters. The van der Waals surface area contributed by atoms with Gasteiger partial charge in [0, 0.05) is 5.56 Å². The molecular formula is C11H9IO. The molecule has 0 fully saturated rings. The van der Waals surface area contributed by atoms with E-state index in [1.54, 1.807) is 0 Å². The molecule has 0 unspecified atom stereocenters. The highest BCUT2D eigenvalue weighted by molar-refractivity contribution is 14.2. The van der Waals surface area contributed by atoms with Crippen LogP contribution in [0.5, 0.6) is 0 Å². The minimum absolute atomic E-state index is 0.178. The third-order valence-electron chi connectivity index (χ3n) is 1.76. The highest BCUT2D eigenvalue weighted by atomic mass is 127. The Labute approximate surface area is 87.1 Å². The number of halogens is 1. The highest BCUT2D eigenvalue weighted by Crippen LogP contribution is 2.23. The van der Waals surface area contributed by atoms with Crippen molar-refractivity contribution in [2.24, 2.45) is 0 Å². The van der Waals surface area contributed by atoms with Crippen LogP contribution in [0.4, 0.5) is 0 Å². The van der Waals surface area contributed by atoms with E-state index in [1.165, 1.54) is 0 Å². The molecule has 2 aromatic rings. The SMILES string of the molecule is C=Ic1ccc(-c2ccccc2)o1. The Balaban J connectivity index is 2.41. The third kappa shape index (κ3) is 1.88. The lowest BCUT2D eigenvalue weighted by Gasteiger charge is -1.93. The number of hydrogen-bond donors (Lipinski definition) is 0. The zero-order chi connectivity index (χ0) is 9.10. The second-order valence-corrected chi connectivity index (χ2v) is 4.43. The summed E-state index contributed by atoms with van der Waals surface area (Å²) in [5, 5.41) is 0. The van der Waals surface area contributed by atoms with Crippen LogP contribution in [0.1, 0.15) is 0 Å². The summed E-state index contributed by atoms with van der Waals surface area (Å²) in [4.78, 5) is 0. The van der Waals surface area contributed by atoms with Crippen LogP contribution in [0, 0.1) is 3.77 Å². The van der Waals surface area contributed by atoms with Crippen molar-refractivity contribution in [3.05, 3.63) is 46.2 Å². The van der Waals surface area contributed by atoms with Gasteiger partial charge < -0.3 is 4.42 Å². The first-order chi connectivity index (χ1) is 6.40. The van der Waals surface area contributed by atoms with Crippen molar-refractivity contribution in [1.29, 1.82) is 0 Å². The van der Waals surface area contributed by atoms with Gasteiger partial charge in [0.2, 0.25) is 0 Å². The Hall–Kier alpha value is -0.900. The molecule has 1 aromatic heterocycles. The van der Waals surface area contributed by atoms with Gasteiger partial charge in [-0.3, -0.25) is 0 Å². The van der Waals surface area contributed by atoms with Crippen molar-refractivity contribution in [3.8, 4) is 11.3 Å².